The lowest BCUT2D eigenvalue weighted by Gasteiger charge is -2.19. The molecular formula is C19H20F2N4O2. The van der Waals surface area contributed by atoms with Gasteiger partial charge in [-0.15, -0.1) is 0 Å². The Morgan fingerprint density at radius 2 is 1.74 bits per heavy atom. The summed E-state index contributed by atoms with van der Waals surface area (Å²) in [7, 11) is 0. The van der Waals surface area contributed by atoms with Gasteiger partial charge in [-0.2, -0.15) is 0 Å². The van der Waals surface area contributed by atoms with E-state index in [1.807, 2.05) is 4.57 Å². The summed E-state index contributed by atoms with van der Waals surface area (Å²) >= 11 is 0. The zero-order valence-electron chi connectivity index (χ0n) is 14.8. The normalized spacial score (nSPS) is 16.3. The number of rotatable bonds is 3. The first-order valence-electron chi connectivity index (χ1n) is 9.19. The molecule has 27 heavy (non-hydrogen) atoms. The number of imidazole rings is 1. The number of carbonyl (C=O) groups is 2. The molecule has 2 aliphatic heterocycles. The van der Waals surface area contributed by atoms with Crippen molar-refractivity contribution in [1.82, 2.24) is 14.5 Å². The number of amides is 2. The molecule has 4 rings (SSSR count). The highest BCUT2D eigenvalue weighted by molar-refractivity contribution is 6.05. The molecule has 0 atom stereocenters. The summed E-state index contributed by atoms with van der Waals surface area (Å²) in [4.78, 5) is 31.7. The molecule has 1 aromatic heterocycles. The van der Waals surface area contributed by atoms with Crippen LogP contribution in [0.4, 0.5) is 14.5 Å². The molecule has 0 aliphatic carbocycles. The van der Waals surface area contributed by atoms with E-state index in [2.05, 4.69) is 10.3 Å². The molecule has 0 saturated carbocycles. The van der Waals surface area contributed by atoms with Crippen LogP contribution in [0.2, 0.25) is 0 Å². The van der Waals surface area contributed by atoms with Crippen molar-refractivity contribution in [2.45, 2.75) is 38.6 Å². The van der Waals surface area contributed by atoms with Crippen molar-refractivity contribution in [1.29, 1.82) is 0 Å². The second-order valence-electron chi connectivity index (χ2n) is 6.92. The average molecular weight is 374 g/mol. The van der Waals surface area contributed by atoms with Crippen LogP contribution >= 0.6 is 0 Å². The summed E-state index contributed by atoms with van der Waals surface area (Å²) < 4.78 is 28.3. The summed E-state index contributed by atoms with van der Waals surface area (Å²) in [5.41, 5.74) is 1.05. The van der Waals surface area contributed by atoms with E-state index < -0.39 is 17.5 Å². The minimum Gasteiger partial charge on any atom is -0.336 e. The summed E-state index contributed by atoms with van der Waals surface area (Å²) in [5, 5.41) is 2.55. The summed E-state index contributed by atoms with van der Waals surface area (Å²) in [6.07, 6.45) is 4.44. The number of halogens is 2. The van der Waals surface area contributed by atoms with Gasteiger partial charge in [-0.3, -0.25) is 9.59 Å². The van der Waals surface area contributed by atoms with Crippen LogP contribution in [0.15, 0.2) is 18.2 Å². The van der Waals surface area contributed by atoms with Gasteiger partial charge in [0.05, 0.1) is 5.69 Å². The average Bonchev–Trinajstić information content (AvgIpc) is 3.32. The van der Waals surface area contributed by atoms with Gasteiger partial charge in [0.2, 0.25) is 0 Å². The van der Waals surface area contributed by atoms with Crippen molar-refractivity contribution in [3.63, 3.8) is 0 Å². The first-order valence-corrected chi connectivity index (χ1v) is 9.19. The Hall–Kier alpha value is -2.77. The maximum Gasteiger partial charge on any atom is 0.289 e. The predicted molar refractivity (Wildman–Crippen MR) is 94.6 cm³/mol. The van der Waals surface area contributed by atoms with Crippen LogP contribution < -0.4 is 5.32 Å². The molecule has 3 heterocycles. The fraction of sp³-hybridized carbons (Fsp3) is 0.421. The third kappa shape index (κ3) is 3.31. The van der Waals surface area contributed by atoms with Crippen LogP contribution in [-0.4, -0.2) is 39.4 Å². The summed E-state index contributed by atoms with van der Waals surface area (Å²) in [6.45, 7) is 2.06. The van der Waals surface area contributed by atoms with Crippen LogP contribution in [0, 0.1) is 11.6 Å². The Bertz CT molecular complexity index is 903. The Morgan fingerprint density at radius 3 is 2.48 bits per heavy atom. The van der Waals surface area contributed by atoms with E-state index in [-0.39, 0.29) is 17.3 Å². The number of anilines is 1. The fourth-order valence-electron chi connectivity index (χ4n) is 3.71. The Labute approximate surface area is 155 Å². The lowest BCUT2D eigenvalue weighted by atomic mass is 10.1. The van der Waals surface area contributed by atoms with Gasteiger partial charge < -0.3 is 14.8 Å². The van der Waals surface area contributed by atoms with E-state index in [0.29, 0.717) is 31.9 Å². The molecule has 8 heteroatoms. The quantitative estimate of drug-likeness (QED) is 0.898. The lowest BCUT2D eigenvalue weighted by Crippen LogP contribution is -2.31. The van der Waals surface area contributed by atoms with Crippen LogP contribution in [0.1, 0.15) is 52.5 Å². The molecular weight excluding hydrogens is 354 g/mol. The van der Waals surface area contributed by atoms with Gasteiger partial charge in [0.15, 0.2) is 23.2 Å². The number of nitrogens with zero attached hydrogens (tertiary/aromatic N) is 3. The van der Waals surface area contributed by atoms with Crippen LogP contribution in [0.25, 0.3) is 0 Å². The maximum atomic E-state index is 13.4. The molecule has 1 N–H and O–H groups in total. The zero-order valence-corrected chi connectivity index (χ0v) is 14.8. The Kier molecular flexibility index (Phi) is 4.63. The van der Waals surface area contributed by atoms with E-state index in [4.69, 9.17) is 0 Å². The van der Waals surface area contributed by atoms with Crippen molar-refractivity contribution >= 4 is 17.5 Å². The van der Waals surface area contributed by atoms with Crippen LogP contribution in [0.5, 0.6) is 0 Å². The minimum absolute atomic E-state index is 0.142. The number of carbonyl (C=O) groups excluding carboxylic acids is 2. The molecule has 1 aromatic carbocycles. The first-order chi connectivity index (χ1) is 13.0. The molecule has 0 bridgehead atoms. The van der Waals surface area contributed by atoms with E-state index in [1.165, 1.54) is 6.07 Å². The van der Waals surface area contributed by atoms with Crippen molar-refractivity contribution < 1.29 is 18.4 Å². The Balaban J connectivity index is 1.64. The second-order valence-corrected chi connectivity index (χ2v) is 6.92. The largest absolute Gasteiger partial charge is 0.336 e. The topological polar surface area (TPSA) is 67.2 Å². The highest BCUT2D eigenvalue weighted by Gasteiger charge is 2.30. The molecule has 2 aliphatic rings. The van der Waals surface area contributed by atoms with Gasteiger partial charge in [0.1, 0.15) is 0 Å². The van der Waals surface area contributed by atoms with Crippen molar-refractivity contribution in [3.8, 4) is 0 Å². The monoisotopic (exact) mass is 374 g/mol. The van der Waals surface area contributed by atoms with E-state index in [9.17, 15) is 18.4 Å². The van der Waals surface area contributed by atoms with Gasteiger partial charge in [-0.25, -0.2) is 13.8 Å². The van der Waals surface area contributed by atoms with Gasteiger partial charge >= 0.3 is 0 Å². The van der Waals surface area contributed by atoms with E-state index in [1.54, 1.807) is 4.90 Å². The molecule has 1 saturated heterocycles. The van der Waals surface area contributed by atoms with E-state index in [0.717, 1.165) is 43.5 Å². The SMILES string of the molecule is O=C(Nc1ccc(F)c(F)c1)c1nc(C(=O)N2CCCC2)n2c1CCCC2. The highest BCUT2D eigenvalue weighted by Crippen LogP contribution is 2.24. The molecule has 0 radical (unpaired) electrons. The van der Waals surface area contributed by atoms with Gasteiger partial charge in [0.25, 0.3) is 11.8 Å². The molecule has 142 valence electrons. The minimum atomic E-state index is -1.04. The zero-order chi connectivity index (χ0) is 19.0. The molecule has 0 spiro atoms. The third-order valence-corrected chi connectivity index (χ3v) is 5.09. The first kappa shape index (κ1) is 17.6. The molecule has 6 nitrogen and oxygen atoms in total. The Morgan fingerprint density at radius 1 is 1.00 bits per heavy atom. The van der Waals surface area contributed by atoms with Crippen molar-refractivity contribution in [2.24, 2.45) is 0 Å². The smallest absolute Gasteiger partial charge is 0.289 e. The van der Waals surface area contributed by atoms with Crippen molar-refractivity contribution in [2.75, 3.05) is 18.4 Å². The second kappa shape index (κ2) is 7.09. The number of hydrogen-bond donors (Lipinski definition) is 1. The number of benzene rings is 1. The molecule has 2 aromatic rings. The molecule has 0 unspecified atom stereocenters. The predicted octanol–water partition coefficient (Wildman–Crippen LogP) is 2.99. The third-order valence-electron chi connectivity index (χ3n) is 5.09. The summed E-state index contributed by atoms with van der Waals surface area (Å²) in [5.74, 6) is -2.40. The molecule has 2 amide bonds. The number of hydrogen-bond acceptors (Lipinski definition) is 3. The fourth-order valence-corrected chi connectivity index (χ4v) is 3.71. The van der Waals surface area contributed by atoms with Crippen LogP contribution in [-0.2, 0) is 13.0 Å². The van der Waals surface area contributed by atoms with Gasteiger partial charge in [-0.1, -0.05) is 0 Å². The summed E-state index contributed by atoms with van der Waals surface area (Å²) in [6, 6.07) is 3.16. The number of nitrogens with one attached hydrogen (secondary N) is 1. The number of fused-ring (bicyclic) bond motifs is 1. The van der Waals surface area contributed by atoms with E-state index >= 15 is 0 Å². The van der Waals surface area contributed by atoms with Crippen molar-refractivity contribution in [3.05, 3.63) is 47.0 Å². The van der Waals surface area contributed by atoms with Crippen LogP contribution in [0.3, 0.4) is 0 Å². The highest BCUT2D eigenvalue weighted by atomic mass is 19.2. The van der Waals surface area contributed by atoms with Gasteiger partial charge in [0, 0.05) is 31.4 Å². The maximum absolute atomic E-state index is 13.4. The number of likely N-dealkylation sites (tertiary alicyclic amines) is 1. The standard InChI is InChI=1S/C19H20F2N4O2/c20-13-7-6-12(11-14(13)21)22-18(26)16-15-5-1-2-10-25(15)17(23-16)19(27)24-8-3-4-9-24/h6-7,11H,1-5,8-10H2,(H,22,26). The lowest BCUT2D eigenvalue weighted by molar-refractivity contribution is 0.0774. The van der Waals surface area contributed by atoms with Gasteiger partial charge in [-0.05, 0) is 44.2 Å². The molecule has 1 fully saturated rings. The number of aromatic nitrogens is 2.